The second kappa shape index (κ2) is 8.42. The van der Waals surface area contributed by atoms with Crippen molar-refractivity contribution in [1.29, 1.82) is 0 Å². The molecule has 0 unspecified atom stereocenters. The van der Waals surface area contributed by atoms with E-state index in [1.54, 1.807) is 14.0 Å². The zero-order valence-electron chi connectivity index (χ0n) is 7.56. The van der Waals surface area contributed by atoms with Gasteiger partial charge in [0, 0.05) is 12.3 Å². The van der Waals surface area contributed by atoms with Crippen LogP contribution in [0.3, 0.4) is 0 Å². The van der Waals surface area contributed by atoms with Gasteiger partial charge in [0.15, 0.2) is 0 Å². The van der Waals surface area contributed by atoms with Gasteiger partial charge in [-0.1, -0.05) is 6.92 Å². The SMILES string of the molecule is CC[SH](=O)=O.CNCCS(=O)(=O)O. The molecule has 0 fully saturated rings. The summed E-state index contributed by atoms with van der Waals surface area (Å²) in [6, 6.07) is 0. The summed E-state index contributed by atoms with van der Waals surface area (Å²) >= 11 is 0. The van der Waals surface area contributed by atoms with Crippen LogP contribution in [-0.4, -0.2) is 46.5 Å². The van der Waals surface area contributed by atoms with Gasteiger partial charge in [0.05, 0.1) is 5.75 Å². The fourth-order valence-electron chi connectivity index (χ4n) is 0.231. The van der Waals surface area contributed by atoms with Crippen molar-refractivity contribution in [3.8, 4) is 0 Å². The molecular formula is C5H15NO5S2. The predicted molar refractivity (Wildman–Crippen MR) is 51.2 cm³/mol. The first-order chi connectivity index (χ1) is 5.83. The number of thiol groups is 1. The van der Waals surface area contributed by atoms with Crippen molar-refractivity contribution >= 4 is 20.8 Å². The molecule has 0 atom stereocenters. The van der Waals surface area contributed by atoms with Crippen LogP contribution in [-0.2, 0) is 20.8 Å². The third-order valence-electron chi connectivity index (χ3n) is 0.868. The van der Waals surface area contributed by atoms with Gasteiger partial charge in [-0.25, -0.2) is 8.42 Å². The van der Waals surface area contributed by atoms with Crippen LogP contribution < -0.4 is 5.32 Å². The van der Waals surface area contributed by atoms with Crippen molar-refractivity contribution in [3.63, 3.8) is 0 Å². The van der Waals surface area contributed by atoms with E-state index in [-0.39, 0.29) is 11.5 Å². The molecule has 0 saturated carbocycles. The summed E-state index contributed by atoms with van der Waals surface area (Å²) in [6.45, 7) is 1.89. The predicted octanol–water partition coefficient (Wildman–Crippen LogP) is -1.29. The van der Waals surface area contributed by atoms with Crippen LogP contribution in [0.2, 0.25) is 0 Å². The second-order valence-electron chi connectivity index (χ2n) is 2.04. The van der Waals surface area contributed by atoms with Crippen molar-refractivity contribution in [1.82, 2.24) is 5.32 Å². The molecule has 8 heteroatoms. The summed E-state index contributed by atoms with van der Waals surface area (Å²) in [5, 5.41) is 2.59. The van der Waals surface area contributed by atoms with Crippen LogP contribution in [0.4, 0.5) is 0 Å². The maximum atomic E-state index is 9.91. The lowest BCUT2D eigenvalue weighted by molar-refractivity contribution is 0.481. The molecule has 2 N–H and O–H groups in total. The van der Waals surface area contributed by atoms with E-state index in [9.17, 15) is 16.8 Å². The number of hydrogen-bond donors (Lipinski definition) is 3. The monoisotopic (exact) mass is 233 g/mol. The average Bonchev–Trinajstić information content (AvgIpc) is 2.00. The average molecular weight is 233 g/mol. The largest absolute Gasteiger partial charge is 0.319 e. The smallest absolute Gasteiger partial charge is 0.266 e. The Kier molecular flexibility index (Phi) is 9.91. The first kappa shape index (κ1) is 15.3. The van der Waals surface area contributed by atoms with Crippen molar-refractivity contribution in [3.05, 3.63) is 0 Å². The molecule has 0 aromatic heterocycles. The molecule has 0 aromatic rings. The highest BCUT2D eigenvalue weighted by Gasteiger charge is 1.99. The van der Waals surface area contributed by atoms with Gasteiger partial charge in [-0.2, -0.15) is 8.42 Å². The van der Waals surface area contributed by atoms with E-state index >= 15 is 0 Å². The summed E-state index contributed by atoms with van der Waals surface area (Å²) in [7, 11) is -4.23. The molecule has 0 aliphatic carbocycles. The zero-order chi connectivity index (χ0) is 10.9. The van der Waals surface area contributed by atoms with Crippen LogP contribution in [0, 0.1) is 0 Å². The fourth-order valence-corrected chi connectivity index (χ4v) is 0.693. The van der Waals surface area contributed by atoms with Crippen LogP contribution in [0.5, 0.6) is 0 Å². The summed E-state index contributed by atoms with van der Waals surface area (Å²) in [5.74, 6) is 0.0405. The third-order valence-corrected chi connectivity index (χ3v) is 2.10. The molecule has 0 rings (SSSR count). The van der Waals surface area contributed by atoms with Gasteiger partial charge in [0.1, 0.15) is 10.7 Å². The van der Waals surface area contributed by atoms with Crippen molar-refractivity contribution in [2.45, 2.75) is 6.92 Å². The third kappa shape index (κ3) is 24.5. The first-order valence-corrected chi connectivity index (χ1v) is 6.52. The van der Waals surface area contributed by atoms with E-state index in [0.29, 0.717) is 6.54 Å². The van der Waals surface area contributed by atoms with Crippen LogP contribution in [0.15, 0.2) is 0 Å². The van der Waals surface area contributed by atoms with Gasteiger partial charge in [-0.3, -0.25) is 4.55 Å². The highest BCUT2D eigenvalue weighted by atomic mass is 32.2. The van der Waals surface area contributed by atoms with E-state index in [1.165, 1.54) is 0 Å². The molecule has 0 aliphatic heterocycles. The maximum absolute atomic E-state index is 9.91. The molecule has 0 saturated heterocycles. The van der Waals surface area contributed by atoms with E-state index in [4.69, 9.17) is 4.55 Å². The quantitative estimate of drug-likeness (QED) is 0.413. The Bertz CT molecular complexity index is 261. The fraction of sp³-hybridized carbons (Fsp3) is 1.00. The van der Waals surface area contributed by atoms with Crippen LogP contribution >= 0.6 is 0 Å². The highest BCUT2D eigenvalue weighted by molar-refractivity contribution is 7.85. The van der Waals surface area contributed by atoms with E-state index in [0.717, 1.165) is 0 Å². The molecule has 0 aromatic carbocycles. The molecule has 13 heavy (non-hydrogen) atoms. The lowest BCUT2D eigenvalue weighted by Crippen LogP contribution is -2.18. The molecular weight excluding hydrogens is 218 g/mol. The van der Waals surface area contributed by atoms with Crippen molar-refractivity contribution in [2.24, 2.45) is 0 Å². The summed E-state index contributed by atoms with van der Waals surface area (Å²) in [4.78, 5) is 0. The zero-order valence-corrected chi connectivity index (χ0v) is 9.27. The highest BCUT2D eigenvalue weighted by Crippen LogP contribution is 1.76. The Morgan fingerprint density at radius 1 is 1.38 bits per heavy atom. The Morgan fingerprint density at radius 3 is 1.85 bits per heavy atom. The number of rotatable bonds is 4. The molecule has 0 amide bonds. The molecule has 0 radical (unpaired) electrons. The molecule has 82 valence electrons. The summed E-state index contributed by atoms with van der Waals surface area (Å²) in [6.07, 6.45) is 0. The lowest BCUT2D eigenvalue weighted by atomic mass is 10.8. The Labute approximate surface area is 80.0 Å². The number of hydrogen-bond acceptors (Lipinski definition) is 5. The van der Waals surface area contributed by atoms with Gasteiger partial charge in [0.2, 0.25) is 0 Å². The van der Waals surface area contributed by atoms with Crippen LogP contribution in [0.25, 0.3) is 0 Å². The molecule has 0 aliphatic rings. The standard InChI is InChI=1S/C3H9NO3S.C2H6O2S/c1-4-2-3-8(5,6)7;1-2-5(3)4/h4H,2-3H2,1H3,(H,5,6,7);5H,2H2,1H3. The minimum absolute atomic E-state index is 0.219. The minimum Gasteiger partial charge on any atom is -0.319 e. The topological polar surface area (TPSA) is 101 Å². The lowest BCUT2D eigenvalue weighted by Gasteiger charge is -1.92. The van der Waals surface area contributed by atoms with Crippen molar-refractivity contribution in [2.75, 3.05) is 25.1 Å². The first-order valence-electron chi connectivity index (χ1n) is 3.55. The van der Waals surface area contributed by atoms with Gasteiger partial charge < -0.3 is 5.32 Å². The molecule has 6 nitrogen and oxygen atoms in total. The summed E-state index contributed by atoms with van der Waals surface area (Å²) in [5.41, 5.74) is 0. The second-order valence-corrected chi connectivity index (χ2v) is 4.91. The number of nitrogens with one attached hydrogen (secondary N) is 1. The molecule has 0 bridgehead atoms. The maximum Gasteiger partial charge on any atom is 0.266 e. The van der Waals surface area contributed by atoms with E-state index < -0.39 is 20.8 Å². The van der Waals surface area contributed by atoms with Gasteiger partial charge in [-0.15, -0.1) is 0 Å². The van der Waals surface area contributed by atoms with Gasteiger partial charge in [0.25, 0.3) is 10.1 Å². The molecule has 0 spiro atoms. The van der Waals surface area contributed by atoms with E-state index in [2.05, 4.69) is 5.32 Å². The van der Waals surface area contributed by atoms with Crippen molar-refractivity contribution < 1.29 is 21.4 Å². The minimum atomic E-state index is -3.75. The Morgan fingerprint density at radius 2 is 1.77 bits per heavy atom. The Balaban J connectivity index is 0. The summed E-state index contributed by atoms with van der Waals surface area (Å²) < 4.78 is 46.7. The van der Waals surface area contributed by atoms with Gasteiger partial charge >= 0.3 is 0 Å². The van der Waals surface area contributed by atoms with Gasteiger partial charge in [-0.05, 0) is 7.05 Å². The normalized spacial score (nSPS) is 10.8. The Hall–Kier alpha value is -0.180. The van der Waals surface area contributed by atoms with E-state index in [1.807, 2.05) is 0 Å². The molecule has 0 heterocycles. The van der Waals surface area contributed by atoms with Crippen LogP contribution in [0.1, 0.15) is 6.92 Å².